The van der Waals surface area contributed by atoms with E-state index in [9.17, 15) is 5.11 Å². The molecule has 0 unspecified atom stereocenters. The molecule has 0 saturated carbocycles. The van der Waals surface area contributed by atoms with E-state index in [1.165, 1.54) is 7.11 Å². The maximum atomic E-state index is 10.9. The van der Waals surface area contributed by atoms with E-state index in [0.717, 1.165) is 5.56 Å². The molecule has 0 aromatic heterocycles. The van der Waals surface area contributed by atoms with Crippen LogP contribution >= 0.6 is 0 Å². The number of aliphatic hydroxyl groups is 1. The molecule has 1 aliphatic rings. The van der Waals surface area contributed by atoms with Crippen LogP contribution in [0.3, 0.4) is 0 Å². The molecular formula is C22H26O7. The Kier molecular flexibility index (Phi) is 6.39. The van der Waals surface area contributed by atoms with Crippen LogP contribution in [0, 0.1) is 0 Å². The lowest BCUT2D eigenvalue weighted by molar-refractivity contribution is 0.0432. The van der Waals surface area contributed by atoms with Gasteiger partial charge in [0.25, 0.3) is 0 Å². The quantitative estimate of drug-likeness (QED) is 0.642. The average Bonchev–Trinajstić information content (AvgIpc) is 3.21. The lowest BCUT2D eigenvalue weighted by Gasteiger charge is -2.24. The highest BCUT2D eigenvalue weighted by Crippen LogP contribution is 2.44. The number of hydrogen-bond donors (Lipinski definition) is 1. The van der Waals surface area contributed by atoms with Crippen LogP contribution in [0.2, 0.25) is 0 Å². The van der Waals surface area contributed by atoms with E-state index in [4.69, 9.17) is 28.4 Å². The molecule has 2 aromatic carbocycles. The van der Waals surface area contributed by atoms with Gasteiger partial charge in [0.1, 0.15) is 12.2 Å². The van der Waals surface area contributed by atoms with Crippen molar-refractivity contribution in [2.75, 3.05) is 28.1 Å². The number of methoxy groups -OCH3 is 3. The Labute approximate surface area is 170 Å². The molecule has 1 heterocycles. The van der Waals surface area contributed by atoms with Gasteiger partial charge in [0.2, 0.25) is 18.3 Å². The molecule has 7 heteroatoms. The van der Waals surface area contributed by atoms with E-state index < -0.39 is 12.2 Å². The number of aliphatic hydroxyl groups excluding tert-OH is 1. The topological polar surface area (TPSA) is 75.6 Å². The molecule has 0 saturated heterocycles. The Morgan fingerprint density at radius 3 is 2.28 bits per heavy atom. The first-order valence-corrected chi connectivity index (χ1v) is 9.20. The number of allylic oxidation sites excluding steroid dienone is 1. The summed E-state index contributed by atoms with van der Waals surface area (Å²) >= 11 is 0. The molecule has 3 rings (SSSR count). The maximum Gasteiger partial charge on any atom is 0.231 e. The summed E-state index contributed by atoms with van der Waals surface area (Å²) < 4.78 is 33.2. The van der Waals surface area contributed by atoms with Gasteiger partial charge < -0.3 is 33.5 Å². The molecule has 2 atom stereocenters. The minimum Gasteiger partial charge on any atom is -0.493 e. The number of hydrogen-bond acceptors (Lipinski definition) is 7. The lowest BCUT2D eigenvalue weighted by atomic mass is 10.0. The summed E-state index contributed by atoms with van der Waals surface area (Å²) in [7, 11) is 4.65. The molecule has 7 nitrogen and oxygen atoms in total. The number of rotatable bonds is 9. The molecule has 29 heavy (non-hydrogen) atoms. The second-order valence-electron chi connectivity index (χ2n) is 6.55. The summed E-state index contributed by atoms with van der Waals surface area (Å²) in [4.78, 5) is 0. The molecule has 156 valence electrons. The van der Waals surface area contributed by atoms with Crippen molar-refractivity contribution in [3.05, 3.63) is 48.0 Å². The molecule has 0 fully saturated rings. The fourth-order valence-electron chi connectivity index (χ4n) is 3.18. The molecule has 0 spiro atoms. The first-order chi connectivity index (χ1) is 14.0. The van der Waals surface area contributed by atoms with Gasteiger partial charge in [0.15, 0.2) is 23.0 Å². The summed E-state index contributed by atoms with van der Waals surface area (Å²) in [6.07, 6.45) is 0.893. The number of fused-ring (bicyclic) bond motifs is 1. The van der Waals surface area contributed by atoms with E-state index in [1.807, 2.05) is 12.1 Å². The van der Waals surface area contributed by atoms with Gasteiger partial charge in [-0.1, -0.05) is 6.08 Å². The second-order valence-corrected chi connectivity index (χ2v) is 6.55. The SMILES string of the molecule is C=CCc1cc(OC)c(O[C@H](C)[C@H](O)c2cc(OC)c3c(c2)OCO3)c(OC)c1. The Bertz CT molecular complexity index is 853. The van der Waals surface area contributed by atoms with Crippen molar-refractivity contribution < 1.29 is 33.5 Å². The Hall–Kier alpha value is -3.06. The zero-order valence-corrected chi connectivity index (χ0v) is 17.1. The highest BCUT2D eigenvalue weighted by Gasteiger charge is 2.27. The zero-order valence-electron chi connectivity index (χ0n) is 17.1. The van der Waals surface area contributed by atoms with Crippen molar-refractivity contribution in [1.82, 2.24) is 0 Å². The summed E-state index contributed by atoms with van der Waals surface area (Å²) in [5, 5.41) is 10.9. The Balaban J connectivity index is 1.88. The third-order valence-corrected chi connectivity index (χ3v) is 4.67. The van der Waals surface area contributed by atoms with Crippen molar-refractivity contribution >= 4 is 0 Å². The molecule has 2 aromatic rings. The summed E-state index contributed by atoms with van der Waals surface area (Å²) in [6.45, 7) is 5.63. The molecule has 1 aliphatic heterocycles. The van der Waals surface area contributed by atoms with Gasteiger partial charge in [0, 0.05) is 0 Å². The van der Waals surface area contributed by atoms with Gasteiger partial charge in [-0.2, -0.15) is 0 Å². The highest BCUT2D eigenvalue weighted by molar-refractivity contribution is 5.56. The molecule has 0 amide bonds. The van der Waals surface area contributed by atoms with Crippen LogP contribution in [0.1, 0.15) is 24.2 Å². The highest BCUT2D eigenvalue weighted by atomic mass is 16.7. The van der Waals surface area contributed by atoms with Crippen LogP contribution in [0.4, 0.5) is 0 Å². The first kappa shape index (κ1) is 20.7. The number of benzene rings is 2. The maximum absolute atomic E-state index is 10.9. The van der Waals surface area contributed by atoms with Crippen LogP contribution < -0.4 is 28.4 Å². The van der Waals surface area contributed by atoms with Gasteiger partial charge in [-0.15, -0.1) is 6.58 Å². The Morgan fingerprint density at radius 2 is 1.69 bits per heavy atom. The van der Waals surface area contributed by atoms with Gasteiger partial charge in [-0.05, 0) is 48.7 Å². The molecule has 1 N–H and O–H groups in total. The van der Waals surface area contributed by atoms with Crippen molar-refractivity contribution in [3.63, 3.8) is 0 Å². The van der Waals surface area contributed by atoms with Crippen molar-refractivity contribution in [3.8, 4) is 34.5 Å². The predicted molar refractivity (Wildman–Crippen MR) is 108 cm³/mol. The third kappa shape index (κ3) is 4.19. The first-order valence-electron chi connectivity index (χ1n) is 9.20. The van der Waals surface area contributed by atoms with Crippen LogP contribution in [0.25, 0.3) is 0 Å². The molecule has 0 radical (unpaired) electrons. The second kappa shape index (κ2) is 8.96. The minimum absolute atomic E-state index is 0.114. The predicted octanol–water partition coefficient (Wildman–Crippen LogP) is 3.67. The minimum atomic E-state index is -0.958. The van der Waals surface area contributed by atoms with Crippen LogP contribution in [0.15, 0.2) is 36.9 Å². The largest absolute Gasteiger partial charge is 0.493 e. The van der Waals surface area contributed by atoms with Gasteiger partial charge >= 0.3 is 0 Å². The standard InChI is InChI=1S/C22H26O7/c1-6-7-14-8-16(24-3)22(17(9-14)25-4)29-13(2)20(23)15-10-18(26-5)21-19(11-15)27-12-28-21/h6,8-11,13,20,23H,1,7,12H2,2-5H3/t13-,20+/m1/s1. The molecule has 0 aliphatic carbocycles. The molecular weight excluding hydrogens is 376 g/mol. The van der Waals surface area contributed by atoms with Crippen LogP contribution in [0.5, 0.6) is 34.5 Å². The number of ether oxygens (including phenoxy) is 6. The smallest absolute Gasteiger partial charge is 0.231 e. The third-order valence-electron chi connectivity index (χ3n) is 4.67. The zero-order chi connectivity index (χ0) is 21.0. The Morgan fingerprint density at radius 1 is 1.03 bits per heavy atom. The van der Waals surface area contributed by atoms with E-state index in [2.05, 4.69) is 6.58 Å². The summed E-state index contributed by atoms with van der Waals surface area (Å²) in [6, 6.07) is 7.15. The summed E-state index contributed by atoms with van der Waals surface area (Å²) in [5.41, 5.74) is 1.56. The van der Waals surface area contributed by atoms with E-state index >= 15 is 0 Å². The normalized spacial score (nSPS) is 14.1. The van der Waals surface area contributed by atoms with E-state index in [0.29, 0.717) is 46.5 Å². The fourth-order valence-corrected chi connectivity index (χ4v) is 3.18. The van der Waals surface area contributed by atoms with Crippen molar-refractivity contribution in [1.29, 1.82) is 0 Å². The van der Waals surface area contributed by atoms with Crippen molar-refractivity contribution in [2.45, 2.75) is 25.6 Å². The van der Waals surface area contributed by atoms with Gasteiger partial charge in [0.05, 0.1) is 21.3 Å². The monoisotopic (exact) mass is 402 g/mol. The lowest BCUT2D eigenvalue weighted by Crippen LogP contribution is -2.22. The van der Waals surface area contributed by atoms with Crippen molar-refractivity contribution in [2.24, 2.45) is 0 Å². The van der Waals surface area contributed by atoms with E-state index in [1.54, 1.807) is 39.4 Å². The van der Waals surface area contributed by atoms with Gasteiger partial charge in [-0.25, -0.2) is 0 Å². The van der Waals surface area contributed by atoms with Crippen LogP contribution in [-0.4, -0.2) is 39.3 Å². The average molecular weight is 402 g/mol. The van der Waals surface area contributed by atoms with Crippen LogP contribution in [-0.2, 0) is 6.42 Å². The fraction of sp³-hybridized carbons (Fsp3) is 0.364. The van der Waals surface area contributed by atoms with Gasteiger partial charge in [-0.3, -0.25) is 0 Å². The summed E-state index contributed by atoms with van der Waals surface area (Å²) in [5.74, 6) is 2.99. The van der Waals surface area contributed by atoms with E-state index in [-0.39, 0.29) is 6.79 Å². The molecule has 0 bridgehead atoms.